The van der Waals surface area contributed by atoms with E-state index in [-0.39, 0.29) is 30.4 Å². The molecule has 0 aliphatic carbocycles. The molecule has 1 N–H and O–H groups in total. The average molecular weight is 466 g/mol. The first kappa shape index (κ1) is 21.4. The minimum Gasteiger partial charge on any atom is -0.377 e. The third-order valence-electron chi connectivity index (χ3n) is 6.23. The van der Waals surface area contributed by atoms with E-state index in [0.717, 1.165) is 11.2 Å². The van der Waals surface area contributed by atoms with Gasteiger partial charge in [-0.2, -0.15) is 20.1 Å². The normalized spacial score (nSPS) is 21.8. The van der Waals surface area contributed by atoms with Crippen LogP contribution in [0.1, 0.15) is 25.3 Å². The Hall–Kier alpha value is -3.41. The van der Waals surface area contributed by atoms with Crippen molar-refractivity contribution in [1.82, 2.24) is 25.0 Å². The molecule has 5 rings (SSSR count). The highest BCUT2D eigenvalue weighted by atomic mass is 32.2. The molecule has 10 nitrogen and oxygen atoms in total. The number of nitriles is 1. The zero-order valence-electron chi connectivity index (χ0n) is 18.2. The molecule has 33 heavy (non-hydrogen) atoms. The van der Waals surface area contributed by atoms with Crippen molar-refractivity contribution in [3.05, 3.63) is 30.1 Å². The maximum absolute atomic E-state index is 11.9. The van der Waals surface area contributed by atoms with Crippen molar-refractivity contribution >= 4 is 26.7 Å². The van der Waals surface area contributed by atoms with Gasteiger partial charge < -0.3 is 9.64 Å². The smallest absolute Gasteiger partial charge is 0.168 e. The van der Waals surface area contributed by atoms with Gasteiger partial charge in [-0.15, -0.1) is 0 Å². The molecule has 0 amide bonds. The fourth-order valence-corrected chi connectivity index (χ4v) is 5.71. The number of aromatic amines is 1. The molecule has 2 aliphatic rings. The Kier molecular flexibility index (Phi) is 5.31. The number of nitrogens with zero attached hydrogens (tertiary/aromatic N) is 6. The zero-order chi connectivity index (χ0) is 23.1. The Labute approximate surface area is 191 Å². The predicted octanol–water partition coefficient (Wildman–Crippen LogP) is 1.44. The van der Waals surface area contributed by atoms with E-state index < -0.39 is 15.3 Å². The van der Waals surface area contributed by atoms with Crippen molar-refractivity contribution < 1.29 is 13.2 Å². The maximum atomic E-state index is 11.9. The first-order chi connectivity index (χ1) is 15.9. The summed E-state index contributed by atoms with van der Waals surface area (Å²) >= 11 is 0. The van der Waals surface area contributed by atoms with Crippen molar-refractivity contribution in [2.45, 2.75) is 25.8 Å². The molecule has 3 aromatic heterocycles. The van der Waals surface area contributed by atoms with Crippen LogP contribution in [0.3, 0.4) is 0 Å². The third-order valence-corrected chi connectivity index (χ3v) is 7.89. The first-order valence-electron chi connectivity index (χ1n) is 10.8. The number of nitrogens with one attached hydrogen (secondary N) is 1. The van der Waals surface area contributed by atoms with Gasteiger partial charge in [-0.05, 0) is 25.8 Å². The summed E-state index contributed by atoms with van der Waals surface area (Å²) in [7, 11) is -3.10. The summed E-state index contributed by atoms with van der Waals surface area (Å²) in [6.07, 6.45) is 3.77. The summed E-state index contributed by atoms with van der Waals surface area (Å²) in [5.41, 5.74) is 0.340. The zero-order valence-corrected chi connectivity index (χ0v) is 19.0. The second kappa shape index (κ2) is 8.18. The summed E-state index contributed by atoms with van der Waals surface area (Å²) in [6.45, 7) is 3.99. The Bertz CT molecular complexity index is 1380. The third kappa shape index (κ3) is 4.06. The lowest BCUT2D eigenvalue weighted by atomic mass is 9.84. The minimum absolute atomic E-state index is 0.0186. The molecule has 0 spiro atoms. The van der Waals surface area contributed by atoms with Crippen LogP contribution in [-0.2, 0) is 14.6 Å². The van der Waals surface area contributed by atoms with Gasteiger partial charge in [-0.3, -0.25) is 5.10 Å². The van der Waals surface area contributed by atoms with Crippen molar-refractivity contribution in [3.8, 4) is 23.7 Å². The maximum Gasteiger partial charge on any atom is 0.168 e. The van der Waals surface area contributed by atoms with Gasteiger partial charge in [0.2, 0.25) is 0 Å². The molecule has 2 fully saturated rings. The van der Waals surface area contributed by atoms with Crippen LogP contribution in [-0.4, -0.2) is 70.7 Å². The predicted molar refractivity (Wildman–Crippen MR) is 121 cm³/mol. The number of morpholine rings is 1. The fourth-order valence-electron chi connectivity index (χ4n) is 4.19. The van der Waals surface area contributed by atoms with Gasteiger partial charge in [0.15, 0.2) is 21.3 Å². The van der Waals surface area contributed by atoms with Crippen LogP contribution in [0.4, 0.5) is 5.82 Å². The molecule has 0 bridgehead atoms. The van der Waals surface area contributed by atoms with Gasteiger partial charge in [0.05, 0.1) is 54.6 Å². The number of fused-ring (bicyclic) bond motifs is 1. The summed E-state index contributed by atoms with van der Waals surface area (Å²) in [4.78, 5) is 7.06. The van der Waals surface area contributed by atoms with E-state index >= 15 is 0 Å². The van der Waals surface area contributed by atoms with E-state index in [0.29, 0.717) is 36.8 Å². The number of sulfone groups is 1. The lowest BCUT2D eigenvalue weighted by molar-refractivity contribution is 0.0985. The molecule has 1 atom stereocenters. The van der Waals surface area contributed by atoms with E-state index in [2.05, 4.69) is 45.0 Å². The van der Waals surface area contributed by atoms with Crippen molar-refractivity contribution in [1.29, 1.82) is 5.26 Å². The van der Waals surface area contributed by atoms with Crippen LogP contribution in [0.2, 0.25) is 0 Å². The van der Waals surface area contributed by atoms with Gasteiger partial charge >= 0.3 is 0 Å². The summed E-state index contributed by atoms with van der Waals surface area (Å²) in [5, 5.41) is 22.0. The molecular formula is C22H23N7O3S. The molecule has 2 aliphatic heterocycles. The Balaban J connectivity index is 1.63. The number of ether oxygens (including phenoxy) is 1. The van der Waals surface area contributed by atoms with Crippen LogP contribution in [0, 0.1) is 28.6 Å². The number of hydrogen-bond donors (Lipinski definition) is 1. The van der Waals surface area contributed by atoms with Crippen LogP contribution in [0.15, 0.2) is 24.5 Å². The lowest BCUT2D eigenvalue weighted by Gasteiger charge is -2.34. The number of anilines is 1. The molecule has 0 aromatic carbocycles. The van der Waals surface area contributed by atoms with Gasteiger partial charge in [-0.25, -0.2) is 13.4 Å². The van der Waals surface area contributed by atoms with Crippen molar-refractivity contribution in [3.63, 3.8) is 0 Å². The van der Waals surface area contributed by atoms with E-state index in [1.807, 2.05) is 6.07 Å². The second-order valence-corrected chi connectivity index (χ2v) is 10.8. The largest absolute Gasteiger partial charge is 0.377 e. The highest BCUT2D eigenvalue weighted by Crippen LogP contribution is 2.32. The van der Waals surface area contributed by atoms with Gasteiger partial charge in [0.25, 0.3) is 0 Å². The molecule has 0 saturated carbocycles. The highest BCUT2D eigenvalue weighted by Gasteiger charge is 2.36. The van der Waals surface area contributed by atoms with Gasteiger partial charge in [0, 0.05) is 18.2 Å². The molecular weight excluding hydrogens is 442 g/mol. The average Bonchev–Trinajstić information content (AvgIpc) is 3.49. The number of hydrogen-bond acceptors (Lipinski definition) is 8. The van der Waals surface area contributed by atoms with Crippen LogP contribution in [0.5, 0.6) is 0 Å². The second-order valence-electron chi connectivity index (χ2n) is 8.48. The number of H-pyrrole nitrogens is 1. The van der Waals surface area contributed by atoms with Crippen LogP contribution >= 0.6 is 0 Å². The number of aromatic nitrogens is 5. The number of rotatable bonds is 2. The van der Waals surface area contributed by atoms with Gasteiger partial charge in [0.1, 0.15) is 11.2 Å². The van der Waals surface area contributed by atoms with Crippen molar-refractivity contribution in [2.24, 2.45) is 5.41 Å². The minimum atomic E-state index is -3.10. The quantitative estimate of drug-likeness (QED) is 0.563. The topological polar surface area (TPSA) is 130 Å². The van der Waals surface area contributed by atoms with E-state index in [4.69, 9.17) is 9.72 Å². The molecule has 170 valence electrons. The molecule has 0 unspecified atom stereocenters. The summed E-state index contributed by atoms with van der Waals surface area (Å²) in [6, 6.07) is 6.13. The van der Waals surface area contributed by atoms with E-state index in [1.54, 1.807) is 23.1 Å². The monoisotopic (exact) mass is 465 g/mol. The Morgan fingerprint density at radius 2 is 2.15 bits per heavy atom. The summed E-state index contributed by atoms with van der Waals surface area (Å²) in [5.74, 6) is 7.69. The summed E-state index contributed by atoms with van der Waals surface area (Å²) < 4.78 is 31.0. The fraction of sp³-hybridized carbons (Fsp3) is 0.455. The van der Waals surface area contributed by atoms with E-state index in [9.17, 15) is 13.7 Å². The molecule has 11 heteroatoms. The van der Waals surface area contributed by atoms with Crippen LogP contribution in [0.25, 0.3) is 16.9 Å². The first-order valence-corrected chi connectivity index (χ1v) is 12.6. The van der Waals surface area contributed by atoms with Crippen LogP contribution < -0.4 is 4.90 Å². The number of pyridine rings is 1. The molecule has 2 saturated heterocycles. The Morgan fingerprint density at radius 1 is 1.33 bits per heavy atom. The van der Waals surface area contributed by atoms with Crippen molar-refractivity contribution in [2.75, 3.05) is 36.2 Å². The molecule has 3 aromatic rings. The molecule has 0 radical (unpaired) electrons. The molecule has 5 heterocycles. The lowest BCUT2D eigenvalue weighted by Crippen LogP contribution is -2.44. The standard InChI is InChI=1S/C22H23N7O3S/c1-16-14-32-9-8-28(16)20-12-17(2-4-22(15-23)5-10-33(30,31)11-6-22)18-13-25-29(21(18)26-20)19-3-7-24-27-19/h3,7,12-13,16H,5-6,8-11,14H2,1H3,(H,24,27)/t16-/m1/s1. The SMILES string of the molecule is C[C@@H]1COCCN1c1cc(C#CC2(C#N)CCS(=O)(=O)CC2)c2cnn(-c3ccn[nH]3)c2n1. The Morgan fingerprint density at radius 3 is 2.85 bits per heavy atom. The van der Waals surface area contributed by atoms with Gasteiger partial charge in [-0.1, -0.05) is 11.8 Å². The highest BCUT2D eigenvalue weighted by molar-refractivity contribution is 7.91. The van der Waals surface area contributed by atoms with E-state index in [1.165, 1.54) is 0 Å².